The molecule has 1 saturated heterocycles. The number of aromatic nitrogens is 1. The van der Waals surface area contributed by atoms with Crippen LogP contribution in [0.5, 0.6) is 0 Å². The second kappa shape index (κ2) is 11.9. The minimum Gasteiger partial charge on any atom is -0.461 e. The number of nitrogens with zero attached hydrogens (tertiary/aromatic N) is 1. The fourth-order valence-corrected chi connectivity index (χ4v) is 3.89. The Bertz CT molecular complexity index is 735. The van der Waals surface area contributed by atoms with Crippen molar-refractivity contribution in [3.63, 3.8) is 0 Å². The summed E-state index contributed by atoms with van der Waals surface area (Å²) in [4.78, 5) is 42.3. The van der Waals surface area contributed by atoms with Crippen LogP contribution < -0.4 is 5.32 Å². The van der Waals surface area contributed by atoms with Gasteiger partial charge in [-0.05, 0) is 65.6 Å². The number of Topliss-reactive ketones (excluding diaryl/α,β-unsaturated/α-hetero) is 1. The number of rotatable bonds is 11. The molecule has 0 saturated carbocycles. The molecule has 8 nitrogen and oxygen atoms in total. The van der Waals surface area contributed by atoms with E-state index in [0.717, 1.165) is 19.3 Å². The number of nitrogens with one attached hydrogen (secondary N) is 2. The third-order valence-corrected chi connectivity index (χ3v) is 5.49. The highest BCUT2D eigenvalue weighted by Crippen LogP contribution is 2.22. The lowest BCUT2D eigenvalue weighted by atomic mass is 9.95. The Labute approximate surface area is 178 Å². The predicted molar refractivity (Wildman–Crippen MR) is 114 cm³/mol. The van der Waals surface area contributed by atoms with Crippen molar-refractivity contribution in [2.24, 2.45) is 5.92 Å². The van der Waals surface area contributed by atoms with Gasteiger partial charge in [0, 0.05) is 36.9 Å². The molecule has 8 heteroatoms. The summed E-state index contributed by atoms with van der Waals surface area (Å²) < 4.78 is 10.3. The predicted octanol–water partition coefficient (Wildman–Crippen LogP) is 2.25. The van der Waals surface area contributed by atoms with Crippen molar-refractivity contribution in [1.82, 2.24) is 15.2 Å². The molecular formula is C22H35N3O5. The standard InChI is InChI=1S/C22H35N3O5/c1-5-29-13-7-10-23-21(27)17-8-11-25(12-9-17)14-18(26)19-15(3)20(24-16(19)4)22(28)30-6-2/h17,24H,5-14H2,1-4H3,(H,23,27). The number of piperidine rings is 1. The largest absolute Gasteiger partial charge is 0.461 e. The molecule has 0 bridgehead atoms. The number of H-pyrrole nitrogens is 1. The monoisotopic (exact) mass is 421 g/mol. The molecule has 2 rings (SSSR count). The first-order valence-electron chi connectivity index (χ1n) is 10.9. The van der Waals surface area contributed by atoms with Crippen LogP contribution >= 0.6 is 0 Å². The highest BCUT2D eigenvalue weighted by Gasteiger charge is 2.28. The first kappa shape index (κ1) is 24.1. The van der Waals surface area contributed by atoms with Crippen molar-refractivity contribution < 1.29 is 23.9 Å². The van der Waals surface area contributed by atoms with Crippen LogP contribution in [0.4, 0.5) is 0 Å². The average molecular weight is 422 g/mol. The zero-order chi connectivity index (χ0) is 22.1. The van der Waals surface area contributed by atoms with Crippen molar-refractivity contribution in [3.8, 4) is 0 Å². The zero-order valence-electron chi connectivity index (χ0n) is 18.6. The molecule has 168 valence electrons. The van der Waals surface area contributed by atoms with Crippen molar-refractivity contribution in [1.29, 1.82) is 0 Å². The summed E-state index contributed by atoms with van der Waals surface area (Å²) in [6, 6.07) is 0. The normalized spacial score (nSPS) is 15.2. The topological polar surface area (TPSA) is 101 Å². The number of carbonyl (C=O) groups is 3. The molecule has 0 aromatic carbocycles. The van der Waals surface area contributed by atoms with Crippen molar-refractivity contribution in [3.05, 3.63) is 22.5 Å². The van der Waals surface area contributed by atoms with E-state index in [1.54, 1.807) is 20.8 Å². The quantitative estimate of drug-likeness (QED) is 0.323. The number of hydrogen-bond acceptors (Lipinski definition) is 6. The summed E-state index contributed by atoms with van der Waals surface area (Å²) in [5.41, 5.74) is 2.23. The summed E-state index contributed by atoms with van der Waals surface area (Å²) in [5.74, 6) is -0.371. The van der Waals surface area contributed by atoms with Gasteiger partial charge in [0.25, 0.3) is 0 Å². The van der Waals surface area contributed by atoms with Crippen LogP contribution in [0.1, 0.15) is 65.2 Å². The Morgan fingerprint density at radius 2 is 1.83 bits per heavy atom. The molecule has 1 aliphatic heterocycles. The number of ether oxygens (including phenoxy) is 2. The lowest BCUT2D eigenvalue weighted by Gasteiger charge is -2.30. The third-order valence-electron chi connectivity index (χ3n) is 5.49. The third kappa shape index (κ3) is 6.40. The van der Waals surface area contributed by atoms with E-state index in [1.165, 1.54) is 0 Å². The Kier molecular flexibility index (Phi) is 9.52. The number of esters is 1. The van der Waals surface area contributed by atoms with Crippen LogP contribution in [0.15, 0.2) is 0 Å². The molecular weight excluding hydrogens is 386 g/mol. The summed E-state index contributed by atoms with van der Waals surface area (Å²) in [7, 11) is 0. The van der Waals surface area contributed by atoms with Gasteiger partial charge in [0.1, 0.15) is 5.69 Å². The molecule has 0 radical (unpaired) electrons. The van der Waals surface area contributed by atoms with E-state index < -0.39 is 5.97 Å². The average Bonchev–Trinajstić information content (AvgIpc) is 3.02. The van der Waals surface area contributed by atoms with Crippen LogP contribution in [0.3, 0.4) is 0 Å². The summed E-state index contributed by atoms with van der Waals surface area (Å²) in [6.07, 6.45) is 2.30. The number of hydrogen-bond donors (Lipinski definition) is 2. The van der Waals surface area contributed by atoms with E-state index >= 15 is 0 Å². The SMILES string of the molecule is CCOCCCNC(=O)C1CCN(CC(=O)c2c(C)[nH]c(C(=O)OCC)c2C)CC1. The van der Waals surface area contributed by atoms with Gasteiger partial charge in [-0.2, -0.15) is 0 Å². The van der Waals surface area contributed by atoms with Gasteiger partial charge in [-0.3, -0.25) is 14.5 Å². The smallest absolute Gasteiger partial charge is 0.355 e. The van der Waals surface area contributed by atoms with Crippen LogP contribution in [0.2, 0.25) is 0 Å². The lowest BCUT2D eigenvalue weighted by Crippen LogP contribution is -2.42. The Hall–Kier alpha value is -2.19. The van der Waals surface area contributed by atoms with Crippen LogP contribution in [0, 0.1) is 19.8 Å². The highest BCUT2D eigenvalue weighted by molar-refractivity contribution is 6.03. The fraction of sp³-hybridized carbons (Fsp3) is 0.682. The van der Waals surface area contributed by atoms with Gasteiger partial charge >= 0.3 is 5.97 Å². The van der Waals surface area contributed by atoms with E-state index in [1.807, 2.05) is 6.92 Å². The molecule has 1 aromatic rings. The second-order valence-corrected chi connectivity index (χ2v) is 7.66. The van der Waals surface area contributed by atoms with E-state index in [0.29, 0.717) is 55.4 Å². The molecule has 1 aromatic heterocycles. The van der Waals surface area contributed by atoms with Crippen LogP contribution in [-0.4, -0.2) is 73.5 Å². The molecule has 2 heterocycles. The van der Waals surface area contributed by atoms with Gasteiger partial charge in [0.05, 0.1) is 13.2 Å². The van der Waals surface area contributed by atoms with Gasteiger partial charge < -0.3 is 19.8 Å². The van der Waals surface area contributed by atoms with E-state index in [2.05, 4.69) is 15.2 Å². The summed E-state index contributed by atoms with van der Waals surface area (Å²) >= 11 is 0. The van der Waals surface area contributed by atoms with Gasteiger partial charge in [-0.25, -0.2) is 4.79 Å². The van der Waals surface area contributed by atoms with Crippen molar-refractivity contribution in [2.45, 2.75) is 47.0 Å². The number of ketones is 1. The molecule has 0 unspecified atom stereocenters. The highest BCUT2D eigenvalue weighted by atomic mass is 16.5. The van der Waals surface area contributed by atoms with Gasteiger partial charge in [0.2, 0.25) is 5.91 Å². The number of amides is 1. The first-order chi connectivity index (χ1) is 14.4. The van der Waals surface area contributed by atoms with E-state index in [-0.39, 0.29) is 30.8 Å². The van der Waals surface area contributed by atoms with Crippen molar-refractivity contribution >= 4 is 17.7 Å². The number of carbonyl (C=O) groups excluding carboxylic acids is 3. The molecule has 1 fully saturated rings. The van der Waals surface area contributed by atoms with Crippen LogP contribution in [0.25, 0.3) is 0 Å². The van der Waals surface area contributed by atoms with Crippen molar-refractivity contribution in [2.75, 3.05) is 46.0 Å². The fourth-order valence-electron chi connectivity index (χ4n) is 3.89. The first-order valence-corrected chi connectivity index (χ1v) is 10.9. The summed E-state index contributed by atoms with van der Waals surface area (Å²) in [6.45, 7) is 11.2. The molecule has 0 atom stereocenters. The molecule has 0 aliphatic carbocycles. The maximum Gasteiger partial charge on any atom is 0.355 e. The van der Waals surface area contributed by atoms with E-state index in [9.17, 15) is 14.4 Å². The minimum atomic E-state index is -0.440. The summed E-state index contributed by atoms with van der Waals surface area (Å²) in [5, 5.41) is 2.98. The van der Waals surface area contributed by atoms with E-state index in [4.69, 9.17) is 9.47 Å². The molecule has 1 aliphatic rings. The Morgan fingerprint density at radius 3 is 2.47 bits per heavy atom. The Morgan fingerprint density at radius 1 is 1.13 bits per heavy atom. The molecule has 2 N–H and O–H groups in total. The molecule has 30 heavy (non-hydrogen) atoms. The molecule has 1 amide bonds. The zero-order valence-corrected chi connectivity index (χ0v) is 18.6. The van der Waals surface area contributed by atoms with Gasteiger partial charge in [-0.15, -0.1) is 0 Å². The number of aryl methyl sites for hydroxylation is 1. The van der Waals surface area contributed by atoms with Crippen LogP contribution in [-0.2, 0) is 14.3 Å². The van der Waals surface area contributed by atoms with Gasteiger partial charge in [-0.1, -0.05) is 0 Å². The maximum absolute atomic E-state index is 12.9. The Balaban J connectivity index is 1.83. The molecule has 0 spiro atoms. The number of aromatic amines is 1. The lowest BCUT2D eigenvalue weighted by molar-refractivity contribution is -0.126. The maximum atomic E-state index is 12.9. The second-order valence-electron chi connectivity index (χ2n) is 7.66. The minimum absolute atomic E-state index is 0.00501. The van der Waals surface area contributed by atoms with Gasteiger partial charge in [0.15, 0.2) is 5.78 Å². The number of likely N-dealkylation sites (tertiary alicyclic amines) is 1.